The van der Waals surface area contributed by atoms with Crippen molar-refractivity contribution in [2.45, 2.75) is 64.8 Å². The van der Waals surface area contributed by atoms with E-state index in [1.54, 1.807) is 6.26 Å². The van der Waals surface area contributed by atoms with Crippen LogP contribution in [0.25, 0.3) is 0 Å². The average Bonchev–Trinajstić information content (AvgIpc) is 3.03. The SMILES string of the molecule is CCC(C)(C)OCc1occc1CNC1CC1. The molecule has 0 amide bonds. The quantitative estimate of drug-likeness (QED) is 0.790. The Labute approximate surface area is 104 Å². The van der Waals surface area contributed by atoms with Gasteiger partial charge in [0.2, 0.25) is 0 Å². The molecule has 3 heteroatoms. The number of furan rings is 1. The molecule has 1 heterocycles. The second-order valence-corrected chi connectivity index (χ2v) is 5.43. The monoisotopic (exact) mass is 237 g/mol. The summed E-state index contributed by atoms with van der Waals surface area (Å²) in [5.74, 6) is 0.958. The van der Waals surface area contributed by atoms with Gasteiger partial charge in [-0.25, -0.2) is 0 Å². The molecule has 17 heavy (non-hydrogen) atoms. The molecule has 0 bridgehead atoms. The summed E-state index contributed by atoms with van der Waals surface area (Å²) in [6, 6.07) is 2.76. The third-order valence-corrected chi connectivity index (χ3v) is 3.44. The topological polar surface area (TPSA) is 34.4 Å². The summed E-state index contributed by atoms with van der Waals surface area (Å²) in [5, 5.41) is 3.49. The van der Waals surface area contributed by atoms with Crippen LogP contribution < -0.4 is 5.32 Å². The lowest BCUT2D eigenvalue weighted by Gasteiger charge is -2.23. The Morgan fingerprint density at radius 2 is 2.24 bits per heavy atom. The average molecular weight is 237 g/mol. The first-order valence-electron chi connectivity index (χ1n) is 6.53. The van der Waals surface area contributed by atoms with E-state index in [2.05, 4.69) is 26.1 Å². The Kier molecular flexibility index (Phi) is 3.89. The van der Waals surface area contributed by atoms with Crippen LogP contribution in [-0.4, -0.2) is 11.6 Å². The second-order valence-electron chi connectivity index (χ2n) is 5.43. The molecule has 1 aromatic heterocycles. The van der Waals surface area contributed by atoms with Gasteiger partial charge in [-0.15, -0.1) is 0 Å². The molecule has 0 radical (unpaired) electrons. The van der Waals surface area contributed by atoms with Gasteiger partial charge in [0.1, 0.15) is 12.4 Å². The largest absolute Gasteiger partial charge is 0.467 e. The zero-order chi connectivity index (χ0) is 12.3. The maximum atomic E-state index is 5.86. The van der Waals surface area contributed by atoms with Crippen LogP contribution in [0.1, 0.15) is 51.4 Å². The van der Waals surface area contributed by atoms with Crippen LogP contribution in [0.4, 0.5) is 0 Å². The highest BCUT2D eigenvalue weighted by Crippen LogP contribution is 2.22. The predicted molar refractivity (Wildman–Crippen MR) is 67.7 cm³/mol. The van der Waals surface area contributed by atoms with Crippen molar-refractivity contribution >= 4 is 0 Å². The summed E-state index contributed by atoms with van der Waals surface area (Å²) < 4.78 is 11.4. The lowest BCUT2D eigenvalue weighted by molar-refractivity contribution is -0.0387. The lowest BCUT2D eigenvalue weighted by Crippen LogP contribution is -2.23. The molecule has 0 aliphatic heterocycles. The summed E-state index contributed by atoms with van der Waals surface area (Å²) in [5.41, 5.74) is 1.15. The third kappa shape index (κ3) is 3.86. The van der Waals surface area contributed by atoms with E-state index in [4.69, 9.17) is 9.15 Å². The molecule has 0 saturated heterocycles. The molecule has 0 atom stereocenters. The van der Waals surface area contributed by atoms with Crippen LogP contribution in [0.5, 0.6) is 0 Å². The van der Waals surface area contributed by atoms with Crippen LogP contribution in [0.2, 0.25) is 0 Å². The van der Waals surface area contributed by atoms with Gasteiger partial charge in [0, 0.05) is 18.2 Å². The molecule has 1 N–H and O–H groups in total. The fraction of sp³-hybridized carbons (Fsp3) is 0.714. The van der Waals surface area contributed by atoms with Crippen molar-refractivity contribution in [2.75, 3.05) is 0 Å². The molecule has 1 saturated carbocycles. The van der Waals surface area contributed by atoms with E-state index >= 15 is 0 Å². The predicted octanol–water partition coefficient (Wildman–Crippen LogP) is 3.24. The summed E-state index contributed by atoms with van der Waals surface area (Å²) in [7, 11) is 0. The Hall–Kier alpha value is -0.800. The molecular formula is C14H23NO2. The third-order valence-electron chi connectivity index (χ3n) is 3.44. The molecular weight excluding hydrogens is 214 g/mol. The van der Waals surface area contributed by atoms with E-state index in [0.29, 0.717) is 6.61 Å². The molecule has 0 spiro atoms. The van der Waals surface area contributed by atoms with Crippen molar-refractivity contribution in [3.8, 4) is 0 Å². The number of hydrogen-bond acceptors (Lipinski definition) is 3. The first kappa shape index (κ1) is 12.7. The van der Waals surface area contributed by atoms with E-state index in [9.17, 15) is 0 Å². The van der Waals surface area contributed by atoms with Crippen LogP contribution in [0, 0.1) is 0 Å². The van der Waals surface area contributed by atoms with E-state index in [0.717, 1.165) is 24.8 Å². The molecule has 3 nitrogen and oxygen atoms in total. The van der Waals surface area contributed by atoms with Crippen molar-refractivity contribution in [1.82, 2.24) is 5.32 Å². The van der Waals surface area contributed by atoms with Crippen LogP contribution in [0.3, 0.4) is 0 Å². The molecule has 96 valence electrons. The Balaban J connectivity index is 1.84. The first-order valence-corrected chi connectivity index (χ1v) is 6.53. The number of rotatable bonds is 7. The minimum absolute atomic E-state index is 0.0754. The van der Waals surface area contributed by atoms with Gasteiger partial charge in [0.25, 0.3) is 0 Å². The number of nitrogens with one attached hydrogen (secondary N) is 1. The second kappa shape index (κ2) is 5.23. The van der Waals surface area contributed by atoms with Gasteiger partial charge < -0.3 is 14.5 Å². The van der Waals surface area contributed by atoms with Crippen LogP contribution >= 0.6 is 0 Å². The van der Waals surface area contributed by atoms with Crippen molar-refractivity contribution in [3.05, 3.63) is 23.7 Å². The maximum absolute atomic E-state index is 5.86. The minimum atomic E-state index is -0.0754. The van der Waals surface area contributed by atoms with Gasteiger partial charge in [0.15, 0.2) is 0 Å². The summed E-state index contributed by atoms with van der Waals surface area (Å²) in [6.45, 7) is 7.82. The summed E-state index contributed by atoms with van der Waals surface area (Å²) in [6.07, 6.45) is 5.38. The van der Waals surface area contributed by atoms with Crippen molar-refractivity contribution in [3.63, 3.8) is 0 Å². The molecule has 0 aromatic carbocycles. The first-order chi connectivity index (χ1) is 8.11. The standard InChI is InChI=1S/C14H23NO2/c1-4-14(2,3)17-10-13-11(7-8-16-13)9-15-12-5-6-12/h7-8,12,15H,4-6,9-10H2,1-3H3. The fourth-order valence-corrected chi connectivity index (χ4v) is 1.56. The Bertz CT molecular complexity index is 353. The normalized spacial score (nSPS) is 16.4. The molecule has 1 fully saturated rings. The molecule has 1 aromatic rings. The Morgan fingerprint density at radius 3 is 2.88 bits per heavy atom. The van der Waals surface area contributed by atoms with Crippen molar-refractivity contribution in [2.24, 2.45) is 0 Å². The summed E-state index contributed by atoms with van der Waals surface area (Å²) >= 11 is 0. The molecule has 1 aliphatic rings. The van der Waals surface area contributed by atoms with Gasteiger partial charge in [0.05, 0.1) is 11.9 Å². The van der Waals surface area contributed by atoms with E-state index in [1.165, 1.54) is 18.4 Å². The van der Waals surface area contributed by atoms with Crippen LogP contribution in [0.15, 0.2) is 16.7 Å². The highest BCUT2D eigenvalue weighted by atomic mass is 16.5. The highest BCUT2D eigenvalue weighted by Gasteiger charge is 2.21. The van der Waals surface area contributed by atoms with Crippen LogP contribution in [-0.2, 0) is 17.9 Å². The number of ether oxygens (including phenoxy) is 1. The van der Waals surface area contributed by atoms with Crippen molar-refractivity contribution < 1.29 is 9.15 Å². The number of hydrogen-bond donors (Lipinski definition) is 1. The van der Waals surface area contributed by atoms with E-state index in [-0.39, 0.29) is 5.60 Å². The summed E-state index contributed by atoms with van der Waals surface area (Å²) in [4.78, 5) is 0. The lowest BCUT2D eigenvalue weighted by atomic mass is 10.1. The van der Waals surface area contributed by atoms with Gasteiger partial charge in [-0.3, -0.25) is 0 Å². The Morgan fingerprint density at radius 1 is 1.47 bits per heavy atom. The zero-order valence-electron chi connectivity index (χ0n) is 11.1. The zero-order valence-corrected chi connectivity index (χ0v) is 11.1. The smallest absolute Gasteiger partial charge is 0.133 e. The maximum Gasteiger partial charge on any atom is 0.133 e. The van der Waals surface area contributed by atoms with E-state index in [1.807, 2.05) is 6.07 Å². The fourth-order valence-electron chi connectivity index (χ4n) is 1.56. The van der Waals surface area contributed by atoms with Gasteiger partial charge >= 0.3 is 0 Å². The highest BCUT2D eigenvalue weighted by molar-refractivity contribution is 5.16. The van der Waals surface area contributed by atoms with Gasteiger partial charge in [-0.05, 0) is 39.2 Å². The molecule has 0 unspecified atom stereocenters. The molecule has 2 rings (SSSR count). The van der Waals surface area contributed by atoms with Gasteiger partial charge in [-0.2, -0.15) is 0 Å². The van der Waals surface area contributed by atoms with E-state index < -0.39 is 0 Å². The van der Waals surface area contributed by atoms with Crippen molar-refractivity contribution in [1.29, 1.82) is 0 Å². The molecule has 1 aliphatic carbocycles. The minimum Gasteiger partial charge on any atom is -0.467 e. The van der Waals surface area contributed by atoms with Gasteiger partial charge in [-0.1, -0.05) is 6.92 Å².